The van der Waals surface area contributed by atoms with E-state index in [2.05, 4.69) is 99.0 Å². The van der Waals surface area contributed by atoms with Gasteiger partial charge in [0.25, 0.3) is 0 Å². The Bertz CT molecular complexity index is 871. The van der Waals surface area contributed by atoms with Gasteiger partial charge in [0.05, 0.1) is 0 Å². The van der Waals surface area contributed by atoms with E-state index in [-0.39, 0.29) is 24.8 Å². The van der Waals surface area contributed by atoms with E-state index in [0.29, 0.717) is 0 Å². The molecule has 0 nitrogen and oxygen atoms in total. The summed E-state index contributed by atoms with van der Waals surface area (Å²) in [7, 11) is 0. The minimum atomic E-state index is -2.12. The Labute approximate surface area is 179 Å². The van der Waals surface area contributed by atoms with Gasteiger partial charge in [-0.15, -0.1) is 24.8 Å². The standard InChI is InChI=1S/2C9H7.C4H12Si2.2ClH.Ti/c2*1-2-5-9-7-3-6-8(9)4-1;1-5(2)6(3)4;;;/h2*1-7H;1-4H3;2*1H;. The molecule has 0 bridgehead atoms. The summed E-state index contributed by atoms with van der Waals surface area (Å²) >= 11 is -2.12. The van der Waals surface area contributed by atoms with Crippen LogP contribution in [0.25, 0.3) is 12.2 Å². The minimum Gasteiger partial charge on any atom is -0.147 e. The molecule has 0 aromatic heterocycles. The second kappa shape index (κ2) is 6.86. The molecule has 0 saturated carbocycles. The van der Waals surface area contributed by atoms with Crippen LogP contribution in [0.4, 0.5) is 0 Å². The molecule has 2 atom stereocenters. The first-order valence-corrected chi connectivity index (χ1v) is 23.0. The number of fused-ring (bicyclic) bond motifs is 2. The average molecular weight is 467 g/mol. The van der Waals surface area contributed by atoms with Crippen molar-refractivity contribution in [2.24, 2.45) is 0 Å². The summed E-state index contributed by atoms with van der Waals surface area (Å²) in [6.45, 7) is 11.1. The third kappa shape index (κ3) is 2.44. The van der Waals surface area contributed by atoms with Gasteiger partial charge in [-0.25, -0.2) is 0 Å². The maximum Gasteiger partial charge on any atom is -0.147 e. The number of hydrogen-bond acceptors (Lipinski definition) is 0. The molecule has 27 heavy (non-hydrogen) atoms. The van der Waals surface area contributed by atoms with Gasteiger partial charge >= 0.3 is 156 Å². The second-order valence-electron chi connectivity index (χ2n) is 9.05. The van der Waals surface area contributed by atoms with Crippen molar-refractivity contribution in [3.8, 4) is 0 Å². The van der Waals surface area contributed by atoms with Gasteiger partial charge in [-0.05, 0) is 0 Å². The topological polar surface area (TPSA) is 0 Å². The van der Waals surface area contributed by atoms with E-state index in [9.17, 15) is 0 Å². The van der Waals surface area contributed by atoms with Crippen molar-refractivity contribution in [2.45, 2.75) is 34.6 Å². The van der Waals surface area contributed by atoms with E-state index in [0.717, 1.165) is 8.45 Å². The molecule has 1 fully saturated rings. The monoisotopic (exact) mass is 466 g/mol. The summed E-state index contributed by atoms with van der Waals surface area (Å²) in [5, 5.41) is 0. The molecular weight excluding hydrogens is 439 g/mol. The SMILES string of the molecule is C[Si]1(C)[Si](C)(C)[Ti]1([CH]1C=Cc2ccccc21)[CH]1C=Cc2ccccc21.Cl.Cl. The van der Waals surface area contributed by atoms with E-state index >= 15 is 0 Å². The number of halogens is 2. The van der Waals surface area contributed by atoms with E-state index in [4.69, 9.17) is 0 Å². The normalized spacial score (nSPS) is 26.5. The Balaban J connectivity index is 0.00000105. The van der Waals surface area contributed by atoms with Gasteiger partial charge in [0.1, 0.15) is 0 Å². The van der Waals surface area contributed by atoms with Crippen LogP contribution in [0, 0.1) is 0 Å². The van der Waals surface area contributed by atoms with Crippen LogP contribution in [0.1, 0.15) is 30.7 Å². The Hall–Kier alpha value is -0.352. The predicted molar refractivity (Wildman–Crippen MR) is 126 cm³/mol. The molecule has 2 aliphatic carbocycles. The zero-order chi connectivity index (χ0) is 17.4. The molecule has 142 valence electrons. The predicted octanol–water partition coefficient (Wildman–Crippen LogP) is 7.02. The molecule has 3 aliphatic rings. The van der Waals surface area contributed by atoms with Crippen molar-refractivity contribution in [3.63, 3.8) is 0 Å². The van der Waals surface area contributed by atoms with Crippen LogP contribution in [0.15, 0.2) is 60.7 Å². The molecule has 0 N–H and O–H groups in total. The van der Waals surface area contributed by atoms with Crippen LogP contribution >= 0.6 is 24.8 Å². The van der Waals surface area contributed by atoms with Crippen molar-refractivity contribution in [1.29, 1.82) is 0 Å². The molecule has 2 aromatic carbocycles. The van der Waals surface area contributed by atoms with Gasteiger partial charge in [-0.1, -0.05) is 0 Å². The van der Waals surface area contributed by atoms with E-state index < -0.39 is 26.0 Å². The minimum absolute atomic E-state index is 0. The summed E-state index contributed by atoms with van der Waals surface area (Å²) in [6.07, 6.45) is 10.1. The van der Waals surface area contributed by atoms with Crippen LogP contribution < -0.4 is 0 Å². The van der Waals surface area contributed by atoms with Gasteiger partial charge in [0.15, 0.2) is 0 Å². The summed E-state index contributed by atoms with van der Waals surface area (Å²) < 4.78 is 1.58. The van der Waals surface area contributed by atoms with Crippen molar-refractivity contribution in [3.05, 3.63) is 82.9 Å². The van der Waals surface area contributed by atoms with E-state index in [1.165, 1.54) is 11.1 Å². The molecule has 2 aromatic rings. The summed E-state index contributed by atoms with van der Waals surface area (Å²) in [4.78, 5) is 0. The Kier molecular flexibility index (Phi) is 5.43. The fourth-order valence-corrected chi connectivity index (χ4v) is 118. The number of rotatable bonds is 2. The molecule has 0 radical (unpaired) electrons. The maximum absolute atomic E-state index is 2.77. The zero-order valence-corrected chi connectivity index (χ0v) is 21.6. The van der Waals surface area contributed by atoms with Gasteiger partial charge in [0, 0.05) is 0 Å². The largest absolute Gasteiger partial charge is 0.147 e. The molecule has 5 rings (SSSR count). The first-order valence-electron chi connectivity index (χ1n) is 9.47. The molecule has 0 spiro atoms. The Morgan fingerprint density at radius 2 is 1.00 bits per heavy atom. The van der Waals surface area contributed by atoms with Crippen LogP contribution in [-0.2, 0) is 15.1 Å². The summed E-state index contributed by atoms with van der Waals surface area (Å²) in [6, 6.07) is 18.5. The van der Waals surface area contributed by atoms with Crippen molar-refractivity contribution >= 4 is 47.9 Å². The number of benzene rings is 2. The Morgan fingerprint density at radius 1 is 0.630 bits per heavy atom. The van der Waals surface area contributed by atoms with Crippen molar-refractivity contribution < 1.29 is 15.1 Å². The van der Waals surface area contributed by atoms with Crippen molar-refractivity contribution in [1.82, 2.24) is 0 Å². The third-order valence-electron chi connectivity index (χ3n) is 8.15. The van der Waals surface area contributed by atoms with E-state index in [1.807, 2.05) is 0 Å². The quantitative estimate of drug-likeness (QED) is 0.417. The molecule has 5 heteroatoms. The van der Waals surface area contributed by atoms with E-state index in [1.54, 1.807) is 11.1 Å². The summed E-state index contributed by atoms with van der Waals surface area (Å²) in [5.74, 6) is 0. The van der Waals surface area contributed by atoms with Crippen LogP contribution in [0.5, 0.6) is 0 Å². The van der Waals surface area contributed by atoms with Gasteiger partial charge in [-0.3, -0.25) is 0 Å². The van der Waals surface area contributed by atoms with Crippen LogP contribution in [0.3, 0.4) is 0 Å². The third-order valence-corrected chi connectivity index (χ3v) is 90.1. The average Bonchev–Trinajstić information content (AvgIpc) is 3.07. The first kappa shape index (κ1) is 21.4. The zero-order valence-electron chi connectivity index (χ0n) is 16.4. The number of allylic oxidation sites excluding steroid dienone is 2. The smallest absolute Gasteiger partial charge is 0.147 e. The van der Waals surface area contributed by atoms with Crippen molar-refractivity contribution in [2.75, 3.05) is 0 Å². The van der Waals surface area contributed by atoms with Crippen LogP contribution in [-0.4, -0.2) is 10.9 Å². The molecule has 1 aliphatic heterocycles. The van der Waals surface area contributed by atoms with Gasteiger partial charge < -0.3 is 0 Å². The Morgan fingerprint density at radius 3 is 1.37 bits per heavy atom. The van der Waals surface area contributed by atoms with Gasteiger partial charge in [-0.2, -0.15) is 0 Å². The molecule has 2 unspecified atom stereocenters. The second-order valence-corrected chi connectivity index (χ2v) is 53.0. The number of hydrogen-bond donors (Lipinski definition) is 0. The molecular formula is C22H28Cl2Si2Ti. The summed E-state index contributed by atoms with van der Waals surface area (Å²) in [5.41, 5.74) is 4.10. The molecule has 1 saturated heterocycles. The molecule has 0 amide bonds. The van der Waals surface area contributed by atoms with Crippen LogP contribution in [0.2, 0.25) is 26.2 Å². The maximum atomic E-state index is 2.77. The van der Waals surface area contributed by atoms with Gasteiger partial charge in [0.2, 0.25) is 0 Å². The fraction of sp³-hybridized carbons (Fsp3) is 0.273. The molecule has 1 heterocycles. The fourth-order valence-electron chi connectivity index (χ4n) is 6.44. The first-order chi connectivity index (χ1) is 11.9.